The minimum Gasteiger partial charge on any atom is -0.480 e. The van der Waals surface area contributed by atoms with Crippen LogP contribution in [0.1, 0.15) is 13.8 Å². The Labute approximate surface area is 125 Å². The van der Waals surface area contributed by atoms with Gasteiger partial charge in [0.25, 0.3) is 0 Å². The molecule has 1 aromatic carbocycles. The Morgan fingerprint density at radius 1 is 1.42 bits per heavy atom. The molecule has 0 saturated carbocycles. The Morgan fingerprint density at radius 3 is 2.47 bits per heavy atom. The summed E-state index contributed by atoms with van der Waals surface area (Å²) in [7, 11) is -3.96. The van der Waals surface area contributed by atoms with Gasteiger partial charge in [-0.15, -0.1) is 0 Å². The highest BCUT2D eigenvalue weighted by Gasteiger charge is 2.29. The maximum Gasteiger partial charge on any atom is 0.322 e. The number of sulfonamides is 1. The minimum atomic E-state index is -3.96. The van der Waals surface area contributed by atoms with Gasteiger partial charge in [-0.3, -0.25) is 4.79 Å². The van der Waals surface area contributed by atoms with Crippen LogP contribution in [0.4, 0.5) is 0 Å². The lowest BCUT2D eigenvalue weighted by atomic mass is 10.1. The zero-order valence-electron chi connectivity index (χ0n) is 10.2. The monoisotopic (exact) mass is 369 g/mol. The number of carbonyl (C=O) groups is 1. The molecule has 1 aromatic rings. The third-order valence-corrected chi connectivity index (χ3v) is 5.07. The highest BCUT2D eigenvalue weighted by molar-refractivity contribution is 9.10. The molecule has 0 bridgehead atoms. The number of hydrogen-bond donors (Lipinski definition) is 2. The zero-order chi connectivity index (χ0) is 14.8. The van der Waals surface area contributed by atoms with Gasteiger partial charge in [-0.05, 0) is 40.0 Å². The van der Waals surface area contributed by atoms with Crippen molar-refractivity contribution in [1.29, 1.82) is 0 Å². The van der Waals surface area contributed by atoms with E-state index in [9.17, 15) is 13.2 Å². The smallest absolute Gasteiger partial charge is 0.322 e. The summed E-state index contributed by atoms with van der Waals surface area (Å²) in [5, 5.41) is 9.26. The molecular formula is C11H13BrClNO4S. The van der Waals surface area contributed by atoms with Crippen molar-refractivity contribution in [2.45, 2.75) is 24.8 Å². The summed E-state index contributed by atoms with van der Waals surface area (Å²) in [6, 6.07) is 3.08. The van der Waals surface area contributed by atoms with Gasteiger partial charge in [-0.25, -0.2) is 8.42 Å². The molecule has 19 heavy (non-hydrogen) atoms. The molecule has 1 rings (SSSR count). The average molecular weight is 371 g/mol. The second-order valence-electron chi connectivity index (χ2n) is 4.26. The van der Waals surface area contributed by atoms with E-state index >= 15 is 0 Å². The number of aliphatic carboxylic acids is 1. The van der Waals surface area contributed by atoms with Gasteiger partial charge in [0.05, 0.1) is 4.90 Å². The maximum atomic E-state index is 12.2. The number of carboxylic acids is 1. The van der Waals surface area contributed by atoms with Gasteiger partial charge >= 0.3 is 5.97 Å². The van der Waals surface area contributed by atoms with E-state index in [1.54, 1.807) is 13.8 Å². The Kier molecular flexibility index (Phi) is 5.37. The van der Waals surface area contributed by atoms with Crippen LogP contribution in [0.5, 0.6) is 0 Å². The number of benzene rings is 1. The summed E-state index contributed by atoms with van der Waals surface area (Å²) in [4.78, 5) is 10.9. The number of halogens is 2. The van der Waals surface area contributed by atoms with E-state index in [4.69, 9.17) is 16.7 Å². The molecule has 106 valence electrons. The molecule has 0 aromatic heterocycles. The molecular weight excluding hydrogens is 358 g/mol. The van der Waals surface area contributed by atoms with Crippen molar-refractivity contribution in [2.75, 3.05) is 0 Å². The second kappa shape index (κ2) is 6.21. The molecule has 0 heterocycles. The van der Waals surface area contributed by atoms with Crippen molar-refractivity contribution in [3.63, 3.8) is 0 Å². The summed E-state index contributed by atoms with van der Waals surface area (Å²) >= 11 is 8.86. The Bertz CT molecular complexity index is 588. The highest BCUT2D eigenvalue weighted by Crippen LogP contribution is 2.25. The van der Waals surface area contributed by atoms with Gasteiger partial charge in [-0.1, -0.05) is 25.4 Å². The highest BCUT2D eigenvalue weighted by atomic mass is 79.9. The van der Waals surface area contributed by atoms with Crippen molar-refractivity contribution < 1.29 is 18.3 Å². The van der Waals surface area contributed by atoms with Crippen LogP contribution in [0.3, 0.4) is 0 Å². The van der Waals surface area contributed by atoms with Crippen molar-refractivity contribution in [2.24, 2.45) is 5.92 Å². The minimum absolute atomic E-state index is 0.0908. The lowest BCUT2D eigenvalue weighted by Gasteiger charge is -2.18. The van der Waals surface area contributed by atoms with Gasteiger partial charge < -0.3 is 5.11 Å². The molecule has 8 heteroatoms. The number of hydrogen-bond acceptors (Lipinski definition) is 3. The fourth-order valence-corrected chi connectivity index (χ4v) is 3.95. The molecule has 0 radical (unpaired) electrons. The third kappa shape index (κ3) is 4.17. The molecule has 0 aliphatic heterocycles. The van der Waals surface area contributed by atoms with Gasteiger partial charge in [0.15, 0.2) is 0 Å². The van der Waals surface area contributed by atoms with Crippen LogP contribution in [0, 0.1) is 5.92 Å². The second-order valence-corrected chi connectivity index (χ2v) is 7.23. The largest absolute Gasteiger partial charge is 0.480 e. The van der Waals surface area contributed by atoms with Crippen LogP contribution in [0.2, 0.25) is 5.02 Å². The summed E-state index contributed by atoms with van der Waals surface area (Å²) in [6.07, 6.45) is 0. The van der Waals surface area contributed by atoms with E-state index in [1.165, 1.54) is 18.2 Å². The average Bonchev–Trinajstić information content (AvgIpc) is 2.28. The van der Waals surface area contributed by atoms with Crippen molar-refractivity contribution in [3.05, 3.63) is 27.7 Å². The molecule has 2 N–H and O–H groups in total. The van der Waals surface area contributed by atoms with E-state index in [0.29, 0.717) is 4.47 Å². The normalized spacial score (nSPS) is 13.5. The SMILES string of the molecule is CC(C)[C@@H](NS(=O)(=O)c1cc(Cl)ccc1Br)C(=O)O. The number of nitrogens with one attached hydrogen (secondary N) is 1. The molecule has 0 aliphatic carbocycles. The zero-order valence-corrected chi connectivity index (χ0v) is 13.4. The predicted octanol–water partition coefficient (Wildman–Crippen LogP) is 2.49. The Hall–Kier alpha value is -0.630. The van der Waals surface area contributed by atoms with E-state index in [0.717, 1.165) is 0 Å². The topological polar surface area (TPSA) is 83.5 Å². The third-order valence-electron chi connectivity index (χ3n) is 2.40. The molecule has 0 spiro atoms. The summed E-state index contributed by atoms with van der Waals surface area (Å²) in [5.74, 6) is -1.61. The van der Waals surface area contributed by atoms with Crippen LogP contribution in [-0.4, -0.2) is 25.5 Å². The molecule has 0 unspecified atom stereocenters. The summed E-state index contributed by atoms with van der Waals surface area (Å²) < 4.78 is 26.8. The van der Waals surface area contributed by atoms with E-state index in [2.05, 4.69) is 20.7 Å². The van der Waals surface area contributed by atoms with Crippen molar-refractivity contribution in [1.82, 2.24) is 4.72 Å². The number of rotatable bonds is 5. The molecule has 0 saturated heterocycles. The van der Waals surface area contributed by atoms with E-state index in [1.807, 2.05) is 0 Å². The Morgan fingerprint density at radius 2 is 2.00 bits per heavy atom. The lowest BCUT2D eigenvalue weighted by Crippen LogP contribution is -2.44. The maximum absolute atomic E-state index is 12.2. The molecule has 1 atom stereocenters. The molecule has 0 aliphatic rings. The Balaban J connectivity index is 3.17. The van der Waals surface area contributed by atoms with Crippen LogP contribution in [-0.2, 0) is 14.8 Å². The van der Waals surface area contributed by atoms with E-state index < -0.39 is 22.0 Å². The first kappa shape index (κ1) is 16.4. The van der Waals surface area contributed by atoms with Crippen LogP contribution < -0.4 is 4.72 Å². The molecule has 5 nitrogen and oxygen atoms in total. The fraction of sp³-hybridized carbons (Fsp3) is 0.364. The lowest BCUT2D eigenvalue weighted by molar-refractivity contribution is -0.140. The standard InChI is InChI=1S/C11H13BrClNO4S/c1-6(2)10(11(15)16)14-19(17,18)9-5-7(13)3-4-8(9)12/h3-6,10,14H,1-2H3,(H,15,16)/t10-/m1/s1. The first-order chi connectivity index (χ1) is 8.65. The van der Waals surface area contributed by atoms with E-state index in [-0.39, 0.29) is 15.8 Å². The first-order valence-corrected chi connectivity index (χ1v) is 8.00. The number of carboxylic acid groups (broad SMARTS) is 1. The summed E-state index contributed by atoms with van der Waals surface area (Å²) in [6.45, 7) is 3.24. The first-order valence-electron chi connectivity index (χ1n) is 5.35. The summed E-state index contributed by atoms with van der Waals surface area (Å²) in [5.41, 5.74) is 0. The molecule has 0 amide bonds. The van der Waals surface area contributed by atoms with Crippen LogP contribution >= 0.6 is 27.5 Å². The van der Waals surface area contributed by atoms with Crippen LogP contribution in [0.25, 0.3) is 0 Å². The quantitative estimate of drug-likeness (QED) is 0.834. The van der Waals surface area contributed by atoms with Crippen molar-refractivity contribution in [3.8, 4) is 0 Å². The predicted molar refractivity (Wildman–Crippen MR) is 75.7 cm³/mol. The van der Waals surface area contributed by atoms with Crippen LogP contribution in [0.15, 0.2) is 27.6 Å². The fourth-order valence-electron chi connectivity index (χ4n) is 1.39. The van der Waals surface area contributed by atoms with Gasteiger partial charge in [0, 0.05) is 9.50 Å². The van der Waals surface area contributed by atoms with Gasteiger partial charge in [-0.2, -0.15) is 4.72 Å². The van der Waals surface area contributed by atoms with Gasteiger partial charge in [0.2, 0.25) is 10.0 Å². The molecule has 0 fully saturated rings. The van der Waals surface area contributed by atoms with Gasteiger partial charge in [0.1, 0.15) is 6.04 Å². The van der Waals surface area contributed by atoms with Crippen molar-refractivity contribution >= 4 is 43.5 Å².